The van der Waals surface area contributed by atoms with E-state index in [1.54, 1.807) is 31.5 Å². The second-order valence-electron chi connectivity index (χ2n) is 8.72. The van der Waals surface area contributed by atoms with E-state index in [9.17, 15) is 4.79 Å². The van der Waals surface area contributed by atoms with Crippen molar-refractivity contribution in [3.05, 3.63) is 119 Å². The van der Waals surface area contributed by atoms with Crippen LogP contribution in [0.5, 0.6) is 5.75 Å². The molecule has 38 heavy (non-hydrogen) atoms. The normalized spacial score (nSPS) is 11.0. The maximum absolute atomic E-state index is 13.3. The smallest absolute Gasteiger partial charge is 0.193 e. The lowest BCUT2D eigenvalue weighted by Crippen LogP contribution is -2.04. The first-order valence-electron chi connectivity index (χ1n) is 12.0. The SMILES string of the molecule is COc1ccc2c(C(=O)c3ccc(Nc4nnc(-c5ccc(Cl)cc5)c5ccccc45)cc3)ccnc2c1. The van der Waals surface area contributed by atoms with Crippen LogP contribution in [0.25, 0.3) is 32.9 Å². The molecule has 0 bridgehead atoms. The molecule has 1 N–H and O–H groups in total. The molecule has 0 aliphatic rings. The highest BCUT2D eigenvalue weighted by Crippen LogP contribution is 2.32. The maximum Gasteiger partial charge on any atom is 0.193 e. The molecule has 2 aromatic heterocycles. The van der Waals surface area contributed by atoms with Gasteiger partial charge in [0.2, 0.25) is 0 Å². The maximum atomic E-state index is 13.3. The van der Waals surface area contributed by atoms with Crippen LogP contribution in [0.3, 0.4) is 0 Å². The highest BCUT2D eigenvalue weighted by molar-refractivity contribution is 6.30. The number of rotatable bonds is 6. The fourth-order valence-corrected chi connectivity index (χ4v) is 4.59. The lowest BCUT2D eigenvalue weighted by Gasteiger charge is -2.12. The number of methoxy groups -OCH3 is 1. The molecule has 0 aliphatic carbocycles. The number of hydrogen-bond acceptors (Lipinski definition) is 6. The summed E-state index contributed by atoms with van der Waals surface area (Å²) in [5, 5.41) is 15.7. The number of ether oxygens (including phenoxy) is 1. The number of halogens is 1. The van der Waals surface area contributed by atoms with Crippen molar-refractivity contribution in [2.45, 2.75) is 0 Å². The summed E-state index contributed by atoms with van der Waals surface area (Å²) in [4.78, 5) is 17.7. The Balaban J connectivity index is 1.29. The number of carbonyl (C=O) groups is 1. The summed E-state index contributed by atoms with van der Waals surface area (Å²) in [6.07, 6.45) is 1.64. The first-order chi connectivity index (χ1) is 18.6. The van der Waals surface area contributed by atoms with Crippen molar-refractivity contribution in [1.29, 1.82) is 0 Å². The van der Waals surface area contributed by atoms with Gasteiger partial charge in [0.1, 0.15) is 11.4 Å². The van der Waals surface area contributed by atoms with Crippen molar-refractivity contribution in [1.82, 2.24) is 15.2 Å². The Hall–Kier alpha value is -4.81. The van der Waals surface area contributed by atoms with Crippen molar-refractivity contribution in [2.24, 2.45) is 0 Å². The molecule has 7 heteroatoms. The van der Waals surface area contributed by atoms with Gasteiger partial charge in [0, 0.05) is 55.8 Å². The summed E-state index contributed by atoms with van der Waals surface area (Å²) in [5.74, 6) is 1.25. The number of carbonyl (C=O) groups excluding carboxylic acids is 1. The predicted octanol–water partition coefficient (Wildman–Crippen LogP) is 7.48. The van der Waals surface area contributed by atoms with Gasteiger partial charge in [-0.25, -0.2) is 0 Å². The van der Waals surface area contributed by atoms with Crippen molar-refractivity contribution in [3.8, 4) is 17.0 Å². The molecule has 6 nitrogen and oxygen atoms in total. The number of fused-ring (bicyclic) bond motifs is 2. The Labute approximate surface area is 223 Å². The summed E-state index contributed by atoms with van der Waals surface area (Å²) in [7, 11) is 1.61. The minimum absolute atomic E-state index is 0.0772. The molecule has 0 atom stereocenters. The third-order valence-electron chi connectivity index (χ3n) is 6.41. The van der Waals surface area contributed by atoms with E-state index >= 15 is 0 Å². The predicted molar refractivity (Wildman–Crippen MR) is 151 cm³/mol. The van der Waals surface area contributed by atoms with Crippen molar-refractivity contribution < 1.29 is 9.53 Å². The highest BCUT2D eigenvalue weighted by Gasteiger charge is 2.15. The first-order valence-corrected chi connectivity index (χ1v) is 12.3. The van der Waals surface area contributed by atoms with Crippen LogP contribution in [-0.4, -0.2) is 28.1 Å². The summed E-state index contributed by atoms with van der Waals surface area (Å²) in [6, 6.07) is 30.1. The largest absolute Gasteiger partial charge is 0.497 e. The molecule has 0 spiro atoms. The van der Waals surface area contributed by atoms with Gasteiger partial charge < -0.3 is 10.1 Å². The van der Waals surface area contributed by atoms with Crippen LogP contribution in [0.2, 0.25) is 5.02 Å². The molecular formula is C31H21ClN4O2. The molecule has 2 heterocycles. The zero-order valence-electron chi connectivity index (χ0n) is 20.4. The number of pyridine rings is 1. The molecule has 4 aromatic carbocycles. The summed E-state index contributed by atoms with van der Waals surface area (Å²) < 4.78 is 5.28. The average Bonchev–Trinajstić information content (AvgIpc) is 2.97. The van der Waals surface area contributed by atoms with Gasteiger partial charge in [-0.1, -0.05) is 48.0 Å². The monoisotopic (exact) mass is 516 g/mol. The lowest BCUT2D eigenvalue weighted by molar-refractivity contribution is 0.104. The Bertz CT molecular complexity index is 1800. The number of nitrogens with one attached hydrogen (secondary N) is 1. The van der Waals surface area contributed by atoms with Gasteiger partial charge in [-0.15, -0.1) is 10.2 Å². The van der Waals surface area contributed by atoms with Gasteiger partial charge >= 0.3 is 0 Å². The van der Waals surface area contributed by atoms with Crippen LogP contribution < -0.4 is 10.1 Å². The molecule has 184 valence electrons. The molecule has 0 amide bonds. The van der Waals surface area contributed by atoms with E-state index in [2.05, 4.69) is 20.5 Å². The van der Waals surface area contributed by atoms with Gasteiger partial charge in [-0.2, -0.15) is 0 Å². The fraction of sp³-hybridized carbons (Fsp3) is 0.0323. The lowest BCUT2D eigenvalue weighted by atomic mass is 9.99. The summed E-state index contributed by atoms with van der Waals surface area (Å²) in [6.45, 7) is 0. The van der Waals surface area contributed by atoms with Gasteiger partial charge in [0.15, 0.2) is 11.6 Å². The average molecular weight is 517 g/mol. The van der Waals surface area contributed by atoms with Crippen molar-refractivity contribution >= 4 is 50.6 Å². The Morgan fingerprint density at radius 2 is 1.58 bits per heavy atom. The molecule has 0 saturated heterocycles. The van der Waals surface area contributed by atoms with Crippen LogP contribution >= 0.6 is 11.6 Å². The van der Waals surface area contributed by atoms with Gasteiger partial charge in [0.25, 0.3) is 0 Å². The van der Waals surface area contributed by atoms with E-state index in [0.717, 1.165) is 33.1 Å². The van der Waals surface area contributed by atoms with E-state index in [4.69, 9.17) is 16.3 Å². The molecule has 0 aliphatic heterocycles. The molecule has 0 fully saturated rings. The van der Waals surface area contributed by atoms with Gasteiger partial charge in [0.05, 0.1) is 12.6 Å². The number of hydrogen-bond donors (Lipinski definition) is 1. The molecular weight excluding hydrogens is 496 g/mol. The van der Waals surface area contributed by atoms with Crippen LogP contribution in [0.4, 0.5) is 11.5 Å². The van der Waals surface area contributed by atoms with Crippen LogP contribution in [0.1, 0.15) is 15.9 Å². The number of aromatic nitrogens is 3. The van der Waals surface area contributed by atoms with Crippen molar-refractivity contribution in [2.75, 3.05) is 12.4 Å². The Kier molecular flexibility index (Phi) is 6.15. The van der Waals surface area contributed by atoms with E-state index in [0.29, 0.717) is 33.2 Å². The topological polar surface area (TPSA) is 77.0 Å². The van der Waals surface area contributed by atoms with E-state index in [-0.39, 0.29) is 5.78 Å². The zero-order chi connectivity index (χ0) is 26.1. The van der Waals surface area contributed by atoms with Gasteiger partial charge in [-0.3, -0.25) is 9.78 Å². The number of anilines is 2. The quantitative estimate of drug-likeness (QED) is 0.231. The van der Waals surface area contributed by atoms with E-state index in [1.807, 2.05) is 78.9 Å². The van der Waals surface area contributed by atoms with Gasteiger partial charge in [-0.05, 0) is 54.6 Å². The standard InChI is InChI=1S/C31H21ClN4O2/c1-38-23-14-15-24-26(16-17-33-28(24)18-23)30(37)20-8-12-22(13-9-20)34-31-27-5-3-2-4-25(27)29(35-36-31)19-6-10-21(32)11-7-19/h2-18H,1H3,(H,34,36). The Morgan fingerprint density at radius 3 is 2.34 bits per heavy atom. The van der Waals surface area contributed by atoms with Crippen LogP contribution in [0.15, 0.2) is 103 Å². The molecule has 6 aromatic rings. The molecule has 0 unspecified atom stereocenters. The molecule has 6 rings (SSSR count). The zero-order valence-corrected chi connectivity index (χ0v) is 21.1. The van der Waals surface area contributed by atoms with Crippen LogP contribution in [-0.2, 0) is 0 Å². The first kappa shape index (κ1) is 23.6. The summed E-state index contributed by atoms with van der Waals surface area (Å²) in [5.41, 5.74) is 4.40. The second-order valence-corrected chi connectivity index (χ2v) is 9.16. The molecule has 0 radical (unpaired) electrons. The minimum atomic E-state index is -0.0772. The number of nitrogens with zero attached hydrogens (tertiary/aromatic N) is 3. The minimum Gasteiger partial charge on any atom is -0.497 e. The highest BCUT2D eigenvalue weighted by atomic mass is 35.5. The number of benzene rings is 4. The van der Waals surface area contributed by atoms with Crippen molar-refractivity contribution in [3.63, 3.8) is 0 Å². The molecule has 0 saturated carbocycles. The van der Waals surface area contributed by atoms with E-state index < -0.39 is 0 Å². The fourth-order valence-electron chi connectivity index (χ4n) is 4.47. The number of ketones is 1. The van der Waals surface area contributed by atoms with E-state index in [1.165, 1.54) is 0 Å². The Morgan fingerprint density at radius 1 is 0.816 bits per heavy atom. The third-order valence-corrected chi connectivity index (χ3v) is 6.66. The summed E-state index contributed by atoms with van der Waals surface area (Å²) >= 11 is 6.06. The third kappa shape index (κ3) is 4.42. The van der Waals surface area contributed by atoms with Crippen LogP contribution in [0, 0.1) is 0 Å². The second kappa shape index (κ2) is 9.92.